The summed E-state index contributed by atoms with van der Waals surface area (Å²) in [7, 11) is 0. The van der Waals surface area contributed by atoms with Crippen molar-refractivity contribution in [3.63, 3.8) is 0 Å². The van der Waals surface area contributed by atoms with E-state index in [2.05, 4.69) is 50.2 Å². The van der Waals surface area contributed by atoms with E-state index in [0.29, 0.717) is 0 Å². The van der Waals surface area contributed by atoms with Crippen LogP contribution >= 0.6 is 28.3 Å². The smallest absolute Gasteiger partial charge is 0.0544 e. The lowest BCUT2D eigenvalue weighted by atomic mass is 9.96. The van der Waals surface area contributed by atoms with Crippen LogP contribution < -0.4 is 5.32 Å². The van der Waals surface area contributed by atoms with Crippen molar-refractivity contribution in [3.05, 3.63) is 28.5 Å². The molecule has 1 aromatic rings. The summed E-state index contributed by atoms with van der Waals surface area (Å²) >= 11 is 3.42. The summed E-state index contributed by atoms with van der Waals surface area (Å²) in [4.78, 5) is 6.95. The number of pyridine rings is 1. The van der Waals surface area contributed by atoms with Crippen LogP contribution in [0, 0.1) is 5.92 Å². The Morgan fingerprint density at radius 3 is 2.68 bits per heavy atom. The topological polar surface area (TPSA) is 28.2 Å². The normalized spacial score (nSPS) is 17.2. The summed E-state index contributed by atoms with van der Waals surface area (Å²) in [6.45, 7) is 7.83. The van der Waals surface area contributed by atoms with Crippen LogP contribution in [0.3, 0.4) is 0 Å². The van der Waals surface area contributed by atoms with Crippen molar-refractivity contribution in [2.24, 2.45) is 5.92 Å². The van der Waals surface area contributed by atoms with Gasteiger partial charge >= 0.3 is 0 Å². The van der Waals surface area contributed by atoms with Crippen LogP contribution in [-0.4, -0.2) is 36.1 Å². The summed E-state index contributed by atoms with van der Waals surface area (Å²) < 4.78 is 1.05. The first-order valence-corrected chi connectivity index (χ1v) is 7.60. The van der Waals surface area contributed by atoms with E-state index < -0.39 is 0 Å². The minimum Gasteiger partial charge on any atom is -0.317 e. The standard InChI is InChI=1S/C14H22BrN3.ClH/c1-2-16-9-12-5-7-18(8-6-12)11-14-4-3-13(15)10-17-14;/h3-4,10,12,16H,2,5-9,11H2,1H3;1H. The van der Waals surface area contributed by atoms with Crippen LogP contribution in [0.1, 0.15) is 25.5 Å². The van der Waals surface area contributed by atoms with Gasteiger partial charge in [0.2, 0.25) is 0 Å². The number of hydrogen-bond acceptors (Lipinski definition) is 3. The van der Waals surface area contributed by atoms with Crippen LogP contribution in [0.25, 0.3) is 0 Å². The molecule has 0 aromatic carbocycles. The second-order valence-electron chi connectivity index (χ2n) is 4.99. The molecular weight excluding hydrogens is 326 g/mol. The zero-order chi connectivity index (χ0) is 12.8. The van der Waals surface area contributed by atoms with Crippen LogP contribution in [0.5, 0.6) is 0 Å². The van der Waals surface area contributed by atoms with E-state index in [9.17, 15) is 0 Å². The number of rotatable bonds is 5. The molecule has 2 rings (SSSR count). The molecule has 0 aliphatic carbocycles. The highest BCUT2D eigenvalue weighted by atomic mass is 79.9. The molecule has 0 spiro atoms. The van der Waals surface area contributed by atoms with E-state index in [-0.39, 0.29) is 12.4 Å². The van der Waals surface area contributed by atoms with Gasteiger partial charge in [-0.3, -0.25) is 9.88 Å². The van der Waals surface area contributed by atoms with Gasteiger partial charge in [-0.15, -0.1) is 12.4 Å². The van der Waals surface area contributed by atoms with Crippen molar-refractivity contribution in [2.75, 3.05) is 26.2 Å². The Hall–Kier alpha value is -0.160. The van der Waals surface area contributed by atoms with Crippen LogP contribution in [0.15, 0.2) is 22.8 Å². The van der Waals surface area contributed by atoms with Gasteiger partial charge in [0.15, 0.2) is 0 Å². The second kappa shape index (κ2) is 8.90. The van der Waals surface area contributed by atoms with Gasteiger partial charge in [-0.25, -0.2) is 0 Å². The van der Waals surface area contributed by atoms with Gasteiger partial charge in [0.1, 0.15) is 0 Å². The fraction of sp³-hybridized carbons (Fsp3) is 0.643. The van der Waals surface area contributed by atoms with Crippen molar-refractivity contribution >= 4 is 28.3 Å². The van der Waals surface area contributed by atoms with E-state index in [0.717, 1.165) is 23.5 Å². The zero-order valence-electron chi connectivity index (χ0n) is 11.4. The van der Waals surface area contributed by atoms with Gasteiger partial charge in [0.25, 0.3) is 0 Å². The molecule has 19 heavy (non-hydrogen) atoms. The van der Waals surface area contributed by atoms with E-state index in [4.69, 9.17) is 0 Å². The van der Waals surface area contributed by atoms with Gasteiger partial charge in [-0.1, -0.05) is 6.92 Å². The first-order chi connectivity index (χ1) is 8.78. The van der Waals surface area contributed by atoms with E-state index in [1.807, 2.05) is 6.20 Å². The largest absolute Gasteiger partial charge is 0.317 e. The second-order valence-corrected chi connectivity index (χ2v) is 5.91. The molecule has 3 nitrogen and oxygen atoms in total. The molecule has 2 heterocycles. The minimum absolute atomic E-state index is 0. The van der Waals surface area contributed by atoms with Crippen LogP contribution in [0.2, 0.25) is 0 Å². The number of aromatic nitrogens is 1. The number of hydrogen-bond donors (Lipinski definition) is 1. The summed E-state index contributed by atoms with van der Waals surface area (Å²) in [5, 5.41) is 3.45. The predicted molar refractivity (Wildman–Crippen MR) is 85.7 cm³/mol. The molecule has 0 radical (unpaired) electrons. The Morgan fingerprint density at radius 1 is 1.37 bits per heavy atom. The fourth-order valence-corrected chi connectivity index (χ4v) is 2.66. The number of piperidine rings is 1. The van der Waals surface area contributed by atoms with Gasteiger partial charge < -0.3 is 5.32 Å². The maximum Gasteiger partial charge on any atom is 0.0544 e. The Kier molecular flexibility index (Phi) is 7.91. The first kappa shape index (κ1) is 16.9. The molecular formula is C14H23BrClN3. The highest BCUT2D eigenvalue weighted by Crippen LogP contribution is 2.18. The average Bonchev–Trinajstić information content (AvgIpc) is 2.41. The minimum atomic E-state index is 0. The van der Waals surface area contributed by atoms with Crippen molar-refractivity contribution < 1.29 is 0 Å². The molecule has 1 fully saturated rings. The van der Waals surface area contributed by atoms with Gasteiger partial charge in [-0.05, 0) is 73.0 Å². The van der Waals surface area contributed by atoms with Crippen molar-refractivity contribution in [1.82, 2.24) is 15.2 Å². The molecule has 1 aromatic heterocycles. The van der Waals surface area contributed by atoms with Crippen molar-refractivity contribution in [1.29, 1.82) is 0 Å². The van der Waals surface area contributed by atoms with E-state index >= 15 is 0 Å². The zero-order valence-corrected chi connectivity index (χ0v) is 13.8. The number of halogens is 2. The maximum atomic E-state index is 4.44. The molecule has 5 heteroatoms. The number of nitrogens with zero attached hydrogens (tertiary/aromatic N) is 2. The Labute approximate surface area is 130 Å². The Morgan fingerprint density at radius 2 is 2.11 bits per heavy atom. The lowest BCUT2D eigenvalue weighted by Crippen LogP contribution is -2.37. The van der Waals surface area contributed by atoms with Crippen molar-refractivity contribution in [2.45, 2.75) is 26.3 Å². The summed E-state index contributed by atoms with van der Waals surface area (Å²) in [5.74, 6) is 0.860. The van der Waals surface area contributed by atoms with E-state index in [1.165, 1.54) is 38.2 Å². The summed E-state index contributed by atoms with van der Waals surface area (Å²) in [6.07, 6.45) is 4.50. The highest BCUT2D eigenvalue weighted by molar-refractivity contribution is 9.10. The molecule has 1 aliphatic heterocycles. The molecule has 1 aliphatic rings. The Balaban J connectivity index is 0.00000180. The number of nitrogens with one attached hydrogen (secondary N) is 1. The quantitative estimate of drug-likeness (QED) is 0.886. The predicted octanol–water partition coefficient (Wildman–Crippen LogP) is 3.09. The molecule has 1 saturated heterocycles. The molecule has 0 atom stereocenters. The lowest BCUT2D eigenvalue weighted by molar-refractivity contribution is 0.174. The van der Waals surface area contributed by atoms with Crippen molar-refractivity contribution in [3.8, 4) is 0 Å². The molecule has 0 unspecified atom stereocenters. The maximum absolute atomic E-state index is 4.44. The summed E-state index contributed by atoms with van der Waals surface area (Å²) in [6, 6.07) is 4.18. The third kappa shape index (κ3) is 5.78. The Bertz CT molecular complexity index is 350. The molecule has 0 bridgehead atoms. The van der Waals surface area contributed by atoms with Crippen LogP contribution in [0.4, 0.5) is 0 Å². The molecule has 0 amide bonds. The third-order valence-corrected chi connectivity index (χ3v) is 4.03. The van der Waals surface area contributed by atoms with Gasteiger partial charge in [-0.2, -0.15) is 0 Å². The highest BCUT2D eigenvalue weighted by Gasteiger charge is 2.18. The SMILES string of the molecule is CCNCC1CCN(Cc2ccc(Br)cn2)CC1.Cl. The fourth-order valence-electron chi connectivity index (χ4n) is 2.43. The van der Waals surface area contributed by atoms with Gasteiger partial charge in [0, 0.05) is 17.2 Å². The molecule has 0 saturated carbocycles. The molecule has 1 N–H and O–H groups in total. The average molecular weight is 349 g/mol. The van der Waals surface area contributed by atoms with E-state index in [1.54, 1.807) is 0 Å². The first-order valence-electron chi connectivity index (χ1n) is 6.81. The lowest BCUT2D eigenvalue weighted by Gasteiger charge is -2.31. The molecule has 108 valence electrons. The number of likely N-dealkylation sites (tertiary alicyclic amines) is 1. The van der Waals surface area contributed by atoms with Gasteiger partial charge in [0.05, 0.1) is 5.69 Å². The summed E-state index contributed by atoms with van der Waals surface area (Å²) in [5.41, 5.74) is 1.17. The monoisotopic (exact) mass is 347 g/mol. The van der Waals surface area contributed by atoms with Crippen LogP contribution in [-0.2, 0) is 6.54 Å². The third-order valence-electron chi connectivity index (χ3n) is 3.56.